The maximum Gasteiger partial charge on any atom is 0.241 e. The van der Waals surface area contributed by atoms with Gasteiger partial charge < -0.3 is 14.3 Å². The van der Waals surface area contributed by atoms with Crippen LogP contribution in [0.3, 0.4) is 0 Å². The molecule has 0 aromatic carbocycles. The molecule has 4 heterocycles. The molecule has 1 N–H and O–H groups in total. The molecule has 0 fully saturated rings. The average Bonchev–Trinajstić information content (AvgIpc) is 3.24. The minimum absolute atomic E-state index is 0.332. The summed E-state index contributed by atoms with van der Waals surface area (Å²) in [6.45, 7) is 1.34. The van der Waals surface area contributed by atoms with E-state index in [1.807, 2.05) is 4.68 Å². The monoisotopic (exact) mass is 286 g/mol. The van der Waals surface area contributed by atoms with E-state index >= 15 is 0 Å². The molecule has 0 radical (unpaired) electrons. The highest BCUT2D eigenvalue weighted by Crippen LogP contribution is 2.16. The van der Waals surface area contributed by atoms with E-state index in [2.05, 4.69) is 25.5 Å². The molecule has 8 nitrogen and oxygen atoms in total. The first-order valence-electron chi connectivity index (χ1n) is 6.85. The zero-order valence-electron chi connectivity index (χ0n) is 11.3. The van der Waals surface area contributed by atoms with Gasteiger partial charge in [-0.25, -0.2) is 9.67 Å². The van der Waals surface area contributed by atoms with Crippen LogP contribution in [0.1, 0.15) is 18.1 Å². The average molecular weight is 286 g/mol. The number of rotatable bonds is 4. The van der Waals surface area contributed by atoms with Crippen molar-refractivity contribution in [1.29, 1.82) is 0 Å². The summed E-state index contributed by atoms with van der Waals surface area (Å²) < 4.78 is 12.4. The highest BCUT2D eigenvalue weighted by molar-refractivity contribution is 5.44. The van der Waals surface area contributed by atoms with E-state index in [1.165, 1.54) is 0 Å². The van der Waals surface area contributed by atoms with Crippen molar-refractivity contribution in [1.82, 2.24) is 30.2 Å². The summed E-state index contributed by atoms with van der Waals surface area (Å²) in [6.07, 6.45) is 5.14. The van der Waals surface area contributed by atoms with Gasteiger partial charge in [0.15, 0.2) is 5.76 Å². The van der Waals surface area contributed by atoms with Crippen LogP contribution in [0.15, 0.2) is 33.7 Å². The van der Waals surface area contributed by atoms with E-state index in [4.69, 9.17) is 8.94 Å². The smallest absolute Gasteiger partial charge is 0.241 e. The normalized spacial score (nSPS) is 17.8. The molecule has 0 bridgehead atoms. The summed E-state index contributed by atoms with van der Waals surface area (Å²) in [7, 11) is 0. The lowest BCUT2D eigenvalue weighted by Gasteiger charge is -2.22. The molecule has 3 aromatic heterocycles. The summed E-state index contributed by atoms with van der Waals surface area (Å²) in [5.74, 6) is 2.67. The lowest BCUT2D eigenvalue weighted by Crippen LogP contribution is -2.37. The van der Waals surface area contributed by atoms with Crippen molar-refractivity contribution in [3.63, 3.8) is 0 Å². The van der Waals surface area contributed by atoms with Gasteiger partial charge in [-0.3, -0.25) is 0 Å². The van der Waals surface area contributed by atoms with Crippen LogP contribution in [0.4, 0.5) is 0 Å². The predicted octanol–water partition coefficient (Wildman–Crippen LogP) is 1.03. The molecule has 0 amide bonds. The molecule has 0 unspecified atom stereocenters. The second kappa shape index (κ2) is 5.13. The molecular formula is C13H14N6O2. The van der Waals surface area contributed by atoms with Crippen LogP contribution in [-0.2, 0) is 19.5 Å². The van der Waals surface area contributed by atoms with Gasteiger partial charge in [-0.1, -0.05) is 5.16 Å². The molecule has 1 atom stereocenters. The van der Waals surface area contributed by atoms with E-state index in [0.29, 0.717) is 30.1 Å². The third kappa shape index (κ3) is 2.45. The maximum absolute atomic E-state index is 5.23. The zero-order valence-corrected chi connectivity index (χ0v) is 11.3. The van der Waals surface area contributed by atoms with E-state index in [-0.39, 0.29) is 0 Å². The number of fused-ring (bicyclic) bond motifs is 1. The van der Waals surface area contributed by atoms with E-state index in [9.17, 15) is 0 Å². The summed E-state index contributed by atoms with van der Waals surface area (Å²) in [5, 5.41) is 11.5. The molecule has 1 aliphatic heterocycles. The van der Waals surface area contributed by atoms with Gasteiger partial charge in [-0.2, -0.15) is 10.1 Å². The standard InChI is InChI=1S/C13H14N6O2/c1-2-10(20-5-1)13-17-12(21-18-13)6-14-9-3-4-11-15-8-16-19(11)7-9/h1-2,5,8-9,14H,3-4,6-7H2/t9-/m1/s1. The molecule has 1 aliphatic rings. The van der Waals surface area contributed by atoms with Crippen molar-refractivity contribution in [3.8, 4) is 11.6 Å². The van der Waals surface area contributed by atoms with Crippen molar-refractivity contribution in [2.45, 2.75) is 32.0 Å². The van der Waals surface area contributed by atoms with Crippen LogP contribution in [0.25, 0.3) is 11.6 Å². The van der Waals surface area contributed by atoms with Gasteiger partial charge in [0, 0.05) is 12.5 Å². The molecule has 0 spiro atoms. The van der Waals surface area contributed by atoms with Crippen LogP contribution in [0, 0.1) is 0 Å². The first-order chi connectivity index (χ1) is 10.4. The molecule has 8 heteroatoms. The van der Waals surface area contributed by atoms with Crippen molar-refractivity contribution >= 4 is 0 Å². The maximum atomic E-state index is 5.23. The van der Waals surface area contributed by atoms with Gasteiger partial charge in [0.25, 0.3) is 0 Å². The second-order valence-electron chi connectivity index (χ2n) is 4.96. The molecule has 0 saturated carbocycles. The Labute approximate surface area is 120 Å². The molecule has 21 heavy (non-hydrogen) atoms. The largest absolute Gasteiger partial charge is 0.461 e. The Morgan fingerprint density at radius 2 is 2.43 bits per heavy atom. The van der Waals surface area contributed by atoms with Crippen molar-refractivity contribution in [3.05, 3.63) is 36.4 Å². The first kappa shape index (κ1) is 12.3. The minimum Gasteiger partial charge on any atom is -0.461 e. The highest BCUT2D eigenvalue weighted by Gasteiger charge is 2.20. The van der Waals surface area contributed by atoms with E-state index in [1.54, 1.807) is 24.7 Å². The summed E-state index contributed by atoms with van der Waals surface area (Å²) >= 11 is 0. The number of furan rings is 1. The fraction of sp³-hybridized carbons (Fsp3) is 0.385. The van der Waals surface area contributed by atoms with Crippen LogP contribution in [0.5, 0.6) is 0 Å². The topological polar surface area (TPSA) is 94.8 Å². The molecule has 0 aliphatic carbocycles. The molecule has 4 rings (SSSR count). The summed E-state index contributed by atoms with van der Waals surface area (Å²) in [6, 6.07) is 3.93. The highest BCUT2D eigenvalue weighted by atomic mass is 16.5. The van der Waals surface area contributed by atoms with Gasteiger partial charge in [0.1, 0.15) is 12.2 Å². The van der Waals surface area contributed by atoms with Crippen molar-refractivity contribution in [2.24, 2.45) is 0 Å². The predicted molar refractivity (Wildman–Crippen MR) is 71.0 cm³/mol. The molecule has 0 saturated heterocycles. The van der Waals surface area contributed by atoms with Crippen molar-refractivity contribution < 1.29 is 8.94 Å². The minimum atomic E-state index is 0.332. The molecular weight excluding hydrogens is 272 g/mol. The Morgan fingerprint density at radius 1 is 1.43 bits per heavy atom. The second-order valence-corrected chi connectivity index (χ2v) is 4.96. The lowest BCUT2D eigenvalue weighted by atomic mass is 10.1. The zero-order chi connectivity index (χ0) is 14.1. The third-order valence-electron chi connectivity index (χ3n) is 3.56. The van der Waals surface area contributed by atoms with Crippen LogP contribution >= 0.6 is 0 Å². The van der Waals surface area contributed by atoms with E-state index in [0.717, 1.165) is 25.2 Å². The van der Waals surface area contributed by atoms with Crippen LogP contribution in [-0.4, -0.2) is 30.9 Å². The van der Waals surface area contributed by atoms with Gasteiger partial charge in [0.2, 0.25) is 11.7 Å². The molecule has 3 aromatic rings. The Balaban J connectivity index is 1.37. The summed E-state index contributed by atoms with van der Waals surface area (Å²) in [5.41, 5.74) is 0. The number of nitrogens with zero attached hydrogens (tertiary/aromatic N) is 5. The van der Waals surface area contributed by atoms with Gasteiger partial charge in [-0.15, -0.1) is 0 Å². The third-order valence-corrected chi connectivity index (χ3v) is 3.56. The van der Waals surface area contributed by atoms with Gasteiger partial charge in [-0.05, 0) is 18.6 Å². The first-order valence-corrected chi connectivity index (χ1v) is 6.85. The Hall–Kier alpha value is -2.48. The summed E-state index contributed by atoms with van der Waals surface area (Å²) in [4.78, 5) is 8.52. The lowest BCUT2D eigenvalue weighted by molar-refractivity contribution is 0.320. The molecule has 108 valence electrons. The Bertz CT molecular complexity index is 717. The van der Waals surface area contributed by atoms with Crippen LogP contribution in [0.2, 0.25) is 0 Å². The Kier molecular flexibility index (Phi) is 3.00. The number of aryl methyl sites for hydroxylation is 1. The van der Waals surface area contributed by atoms with Gasteiger partial charge >= 0.3 is 0 Å². The SMILES string of the molecule is c1coc(-c2noc(CN[C@@H]3CCc4ncnn4C3)n2)c1. The quantitative estimate of drug-likeness (QED) is 0.765. The van der Waals surface area contributed by atoms with Crippen molar-refractivity contribution in [2.75, 3.05) is 0 Å². The number of nitrogens with one attached hydrogen (secondary N) is 1. The van der Waals surface area contributed by atoms with E-state index < -0.39 is 0 Å². The van der Waals surface area contributed by atoms with Gasteiger partial charge in [0.05, 0.1) is 19.4 Å². The number of hydrogen-bond donors (Lipinski definition) is 1. The fourth-order valence-electron chi connectivity index (χ4n) is 2.47. The number of hydrogen-bond acceptors (Lipinski definition) is 7. The number of aromatic nitrogens is 5. The van der Waals surface area contributed by atoms with Crippen LogP contribution < -0.4 is 5.32 Å². The fourth-order valence-corrected chi connectivity index (χ4v) is 2.47. The Morgan fingerprint density at radius 3 is 3.33 bits per heavy atom.